The van der Waals surface area contributed by atoms with Gasteiger partial charge in [-0.05, 0) is 38.0 Å². The van der Waals surface area contributed by atoms with Crippen LogP contribution >= 0.6 is 11.6 Å². The zero-order valence-corrected chi connectivity index (χ0v) is 14.9. The number of ether oxygens (including phenoxy) is 1. The molecule has 6 nitrogen and oxygen atoms in total. The second kappa shape index (κ2) is 6.35. The Bertz CT molecular complexity index is 798. The fraction of sp³-hybridized carbons (Fsp3) is 0.444. The summed E-state index contributed by atoms with van der Waals surface area (Å²) < 4.78 is 7.30. The summed E-state index contributed by atoms with van der Waals surface area (Å²) in [6.07, 6.45) is 3.74. The Morgan fingerprint density at radius 1 is 1.40 bits per heavy atom. The van der Waals surface area contributed by atoms with E-state index in [4.69, 9.17) is 16.3 Å². The van der Waals surface area contributed by atoms with Crippen LogP contribution in [0.1, 0.15) is 18.5 Å². The van der Waals surface area contributed by atoms with Gasteiger partial charge in [-0.15, -0.1) is 0 Å². The number of likely N-dealkylation sites (tertiary alicyclic amines) is 1. The number of hydrogen-bond donors (Lipinski definition) is 1. The van der Waals surface area contributed by atoms with E-state index in [-0.39, 0.29) is 11.4 Å². The molecule has 1 aromatic carbocycles. The molecule has 1 spiro atoms. The molecule has 3 heterocycles. The maximum Gasteiger partial charge on any atom is 0.321 e. The second-order valence-corrected chi connectivity index (χ2v) is 7.38. The Morgan fingerprint density at radius 3 is 3.04 bits per heavy atom. The van der Waals surface area contributed by atoms with Crippen LogP contribution in [0, 0.1) is 12.3 Å². The molecule has 132 valence electrons. The lowest BCUT2D eigenvalue weighted by Crippen LogP contribution is -2.35. The lowest BCUT2D eigenvalue weighted by Gasteiger charge is -2.22. The number of nitrogens with zero attached hydrogens (tertiary/aromatic N) is 3. The number of anilines is 1. The summed E-state index contributed by atoms with van der Waals surface area (Å²) in [5.41, 5.74) is 2.62. The van der Waals surface area contributed by atoms with Gasteiger partial charge in [-0.1, -0.05) is 17.7 Å². The molecule has 1 N–H and O–H groups in total. The molecule has 1 unspecified atom stereocenters. The van der Waals surface area contributed by atoms with Crippen LogP contribution in [0.15, 0.2) is 30.5 Å². The molecule has 0 bridgehead atoms. The molecule has 2 aliphatic heterocycles. The Balaban J connectivity index is 1.47. The van der Waals surface area contributed by atoms with Crippen molar-refractivity contribution in [2.75, 3.05) is 31.6 Å². The Labute approximate surface area is 151 Å². The highest BCUT2D eigenvalue weighted by molar-refractivity contribution is 6.30. The Morgan fingerprint density at radius 2 is 2.28 bits per heavy atom. The molecule has 7 heteroatoms. The number of nitrogens with one attached hydrogen (secondary N) is 1. The molecular weight excluding hydrogens is 340 g/mol. The van der Waals surface area contributed by atoms with Gasteiger partial charge in [0.25, 0.3) is 0 Å². The van der Waals surface area contributed by atoms with Gasteiger partial charge in [0, 0.05) is 30.1 Å². The largest absolute Gasteiger partial charge is 0.381 e. The summed E-state index contributed by atoms with van der Waals surface area (Å²) in [5.74, 6) is 0. The van der Waals surface area contributed by atoms with Crippen molar-refractivity contribution in [2.45, 2.75) is 19.8 Å². The fourth-order valence-corrected chi connectivity index (χ4v) is 3.86. The minimum Gasteiger partial charge on any atom is -0.381 e. The third-order valence-electron chi connectivity index (χ3n) is 5.21. The lowest BCUT2D eigenvalue weighted by molar-refractivity contribution is 0.154. The van der Waals surface area contributed by atoms with Crippen LogP contribution in [0.25, 0.3) is 5.69 Å². The SMILES string of the molecule is Cc1c(NC(=O)N2CCC3(CCOC3)C2)cnn1-c1cccc(Cl)c1. The first-order chi connectivity index (χ1) is 12.1. The molecule has 1 aromatic heterocycles. The zero-order valence-electron chi connectivity index (χ0n) is 14.2. The first-order valence-corrected chi connectivity index (χ1v) is 8.88. The lowest BCUT2D eigenvalue weighted by atomic mass is 9.87. The number of carbonyl (C=O) groups excluding carboxylic acids is 1. The van der Waals surface area contributed by atoms with Crippen LogP contribution in [0.2, 0.25) is 5.02 Å². The number of carbonyl (C=O) groups is 1. The molecule has 2 aliphatic rings. The van der Waals surface area contributed by atoms with Gasteiger partial charge in [0.1, 0.15) is 0 Å². The van der Waals surface area contributed by atoms with Crippen molar-refractivity contribution in [1.82, 2.24) is 14.7 Å². The van der Waals surface area contributed by atoms with Gasteiger partial charge in [-0.25, -0.2) is 9.48 Å². The van der Waals surface area contributed by atoms with Crippen LogP contribution in [-0.2, 0) is 4.74 Å². The number of halogens is 1. The molecular formula is C18H21ClN4O2. The van der Waals surface area contributed by atoms with Crippen molar-refractivity contribution in [2.24, 2.45) is 5.41 Å². The van der Waals surface area contributed by atoms with Gasteiger partial charge in [0.2, 0.25) is 0 Å². The van der Waals surface area contributed by atoms with Crippen LogP contribution in [0.4, 0.5) is 10.5 Å². The van der Waals surface area contributed by atoms with Gasteiger partial charge in [-0.3, -0.25) is 0 Å². The van der Waals surface area contributed by atoms with E-state index >= 15 is 0 Å². The fourth-order valence-electron chi connectivity index (χ4n) is 3.67. The third kappa shape index (κ3) is 3.12. The average molecular weight is 361 g/mol. The van der Waals surface area contributed by atoms with E-state index in [9.17, 15) is 4.79 Å². The van der Waals surface area contributed by atoms with Gasteiger partial charge >= 0.3 is 6.03 Å². The van der Waals surface area contributed by atoms with E-state index in [0.29, 0.717) is 10.7 Å². The van der Waals surface area contributed by atoms with Crippen molar-refractivity contribution in [3.8, 4) is 5.69 Å². The molecule has 25 heavy (non-hydrogen) atoms. The van der Waals surface area contributed by atoms with E-state index in [2.05, 4.69) is 10.4 Å². The quantitative estimate of drug-likeness (QED) is 0.892. The Hall–Kier alpha value is -2.05. The maximum absolute atomic E-state index is 12.6. The van der Waals surface area contributed by atoms with E-state index in [1.54, 1.807) is 10.9 Å². The zero-order chi connectivity index (χ0) is 17.4. The van der Waals surface area contributed by atoms with Crippen molar-refractivity contribution in [3.63, 3.8) is 0 Å². The minimum atomic E-state index is -0.0717. The van der Waals surface area contributed by atoms with Crippen LogP contribution in [0.3, 0.4) is 0 Å². The van der Waals surface area contributed by atoms with E-state index in [1.807, 2.05) is 36.1 Å². The van der Waals surface area contributed by atoms with Crippen LogP contribution in [-0.4, -0.2) is 47.0 Å². The normalized spacial score (nSPS) is 22.7. The highest BCUT2D eigenvalue weighted by Gasteiger charge is 2.42. The molecule has 2 amide bonds. The monoisotopic (exact) mass is 360 g/mol. The number of amides is 2. The summed E-state index contributed by atoms with van der Waals surface area (Å²) in [7, 11) is 0. The van der Waals surface area contributed by atoms with Crippen molar-refractivity contribution in [1.29, 1.82) is 0 Å². The summed E-state index contributed by atoms with van der Waals surface area (Å²) in [6.45, 7) is 5.04. The third-order valence-corrected chi connectivity index (χ3v) is 5.45. The number of urea groups is 1. The summed E-state index contributed by atoms with van der Waals surface area (Å²) in [6, 6.07) is 7.41. The molecule has 2 saturated heterocycles. The first kappa shape index (κ1) is 16.4. The predicted octanol–water partition coefficient (Wildman–Crippen LogP) is 3.48. The van der Waals surface area contributed by atoms with E-state index < -0.39 is 0 Å². The van der Waals surface area contributed by atoms with Gasteiger partial charge < -0.3 is 15.0 Å². The van der Waals surface area contributed by atoms with Crippen molar-refractivity contribution in [3.05, 3.63) is 41.2 Å². The molecule has 4 rings (SSSR count). The molecule has 2 fully saturated rings. The first-order valence-electron chi connectivity index (χ1n) is 8.51. The standard InChI is InChI=1S/C18H21ClN4O2/c1-13-16(10-20-23(13)15-4-2-3-14(19)9-15)21-17(24)22-7-5-18(11-22)6-8-25-12-18/h2-4,9-10H,5-8,11-12H2,1H3,(H,21,24). The molecule has 1 atom stereocenters. The molecule has 0 aliphatic carbocycles. The van der Waals surface area contributed by atoms with Gasteiger partial charge in [-0.2, -0.15) is 5.10 Å². The Kier molecular flexibility index (Phi) is 4.17. The van der Waals surface area contributed by atoms with Crippen molar-refractivity contribution >= 4 is 23.3 Å². The molecule has 0 radical (unpaired) electrons. The van der Waals surface area contributed by atoms with Crippen molar-refractivity contribution < 1.29 is 9.53 Å². The van der Waals surface area contributed by atoms with E-state index in [1.165, 1.54) is 0 Å². The van der Waals surface area contributed by atoms with Crippen LogP contribution in [0.5, 0.6) is 0 Å². The number of benzene rings is 1. The number of rotatable bonds is 2. The molecule has 2 aromatic rings. The topological polar surface area (TPSA) is 59.4 Å². The summed E-state index contributed by atoms with van der Waals surface area (Å²) in [4.78, 5) is 14.5. The smallest absolute Gasteiger partial charge is 0.321 e. The average Bonchev–Trinajstić information content (AvgIpc) is 3.31. The van der Waals surface area contributed by atoms with E-state index in [0.717, 1.165) is 50.5 Å². The predicted molar refractivity (Wildman–Crippen MR) is 96.4 cm³/mol. The molecule has 0 saturated carbocycles. The number of aromatic nitrogens is 2. The summed E-state index contributed by atoms with van der Waals surface area (Å²) >= 11 is 6.06. The van der Waals surface area contributed by atoms with Crippen LogP contribution < -0.4 is 5.32 Å². The maximum atomic E-state index is 12.6. The van der Waals surface area contributed by atoms with Gasteiger partial charge in [0.05, 0.1) is 29.9 Å². The highest BCUT2D eigenvalue weighted by Crippen LogP contribution is 2.38. The van der Waals surface area contributed by atoms with Gasteiger partial charge in [0.15, 0.2) is 0 Å². The highest BCUT2D eigenvalue weighted by atomic mass is 35.5. The second-order valence-electron chi connectivity index (χ2n) is 6.94. The summed E-state index contributed by atoms with van der Waals surface area (Å²) in [5, 5.41) is 8.03. The number of hydrogen-bond acceptors (Lipinski definition) is 3. The minimum absolute atomic E-state index is 0.0717.